The van der Waals surface area contributed by atoms with E-state index in [1.54, 1.807) is 0 Å². The Balaban J connectivity index is 1.79. The van der Waals surface area contributed by atoms with Gasteiger partial charge in [0.2, 0.25) is 0 Å². The number of carbonyl (C=O) groups excluding carboxylic acids is 1. The van der Waals surface area contributed by atoms with Crippen LogP contribution in [-0.4, -0.2) is 12.6 Å². The molecule has 5 heteroatoms. The highest BCUT2D eigenvalue weighted by Crippen LogP contribution is 2.15. The molecule has 0 aliphatic carbocycles. The lowest BCUT2D eigenvalue weighted by Crippen LogP contribution is -2.34. The van der Waals surface area contributed by atoms with Crippen molar-refractivity contribution < 1.29 is 13.9 Å². The molecule has 2 aromatic rings. The van der Waals surface area contributed by atoms with Crippen LogP contribution in [0.3, 0.4) is 0 Å². The lowest BCUT2D eigenvalue weighted by molar-refractivity contribution is 0.240. The molecule has 0 radical (unpaired) electrons. The fourth-order valence-corrected chi connectivity index (χ4v) is 2.29. The summed E-state index contributed by atoms with van der Waals surface area (Å²) in [5.74, 6) is 2.99. The number of rotatable bonds is 7. The first-order chi connectivity index (χ1) is 11.4. The summed E-state index contributed by atoms with van der Waals surface area (Å²) < 4.78 is 11.1. The number of carbonyl (C=O) groups is 1. The second-order valence-electron chi connectivity index (χ2n) is 6.33. The minimum atomic E-state index is -0.207. The molecule has 0 bridgehead atoms. The zero-order chi connectivity index (χ0) is 17.5. The third kappa shape index (κ3) is 5.65. The number of amides is 2. The molecule has 0 saturated heterocycles. The normalized spacial score (nSPS) is 10.7. The molecule has 0 unspecified atom stereocenters. The summed E-state index contributed by atoms with van der Waals surface area (Å²) in [7, 11) is 0. The third-order valence-corrected chi connectivity index (χ3v) is 3.52. The van der Waals surface area contributed by atoms with Crippen LogP contribution < -0.4 is 15.4 Å². The van der Waals surface area contributed by atoms with Gasteiger partial charge in [-0.2, -0.15) is 0 Å². The number of nitrogens with one attached hydrogen (secondary N) is 2. The minimum absolute atomic E-state index is 0.207. The standard InChI is InChI=1S/C19H26N2O3/c1-13(2)12-23-18-7-5-6-16(9-18)10-20-19(22)21-11-17-8-14(3)24-15(17)4/h5-9,13H,10-12H2,1-4H3,(H2,20,21,22). The van der Waals surface area contributed by atoms with Crippen molar-refractivity contribution >= 4 is 6.03 Å². The molecule has 1 heterocycles. The van der Waals surface area contributed by atoms with Gasteiger partial charge in [-0.1, -0.05) is 26.0 Å². The van der Waals surface area contributed by atoms with Crippen LogP contribution in [0.2, 0.25) is 0 Å². The molecule has 0 aliphatic heterocycles. The molecule has 2 N–H and O–H groups in total. The molecular weight excluding hydrogens is 304 g/mol. The first-order valence-corrected chi connectivity index (χ1v) is 8.23. The quantitative estimate of drug-likeness (QED) is 0.808. The van der Waals surface area contributed by atoms with Gasteiger partial charge in [0, 0.05) is 18.7 Å². The van der Waals surface area contributed by atoms with Gasteiger partial charge in [0.05, 0.1) is 6.61 Å². The van der Waals surface area contributed by atoms with Crippen molar-refractivity contribution in [3.05, 3.63) is 53.0 Å². The summed E-state index contributed by atoms with van der Waals surface area (Å²) in [6, 6.07) is 9.50. The smallest absolute Gasteiger partial charge is 0.315 e. The summed E-state index contributed by atoms with van der Waals surface area (Å²) in [5.41, 5.74) is 1.99. The van der Waals surface area contributed by atoms with Gasteiger partial charge in [-0.05, 0) is 43.5 Å². The number of benzene rings is 1. The molecular formula is C19H26N2O3. The number of hydrogen-bond acceptors (Lipinski definition) is 3. The molecule has 0 saturated carbocycles. The summed E-state index contributed by atoms with van der Waals surface area (Å²) in [5, 5.41) is 5.69. The number of urea groups is 1. The van der Waals surface area contributed by atoms with Crippen LogP contribution >= 0.6 is 0 Å². The van der Waals surface area contributed by atoms with E-state index in [0.717, 1.165) is 28.4 Å². The maximum atomic E-state index is 11.9. The third-order valence-electron chi connectivity index (χ3n) is 3.52. The summed E-state index contributed by atoms with van der Waals surface area (Å²) in [6.45, 7) is 9.59. The predicted molar refractivity (Wildman–Crippen MR) is 94.0 cm³/mol. The monoisotopic (exact) mass is 330 g/mol. The zero-order valence-electron chi connectivity index (χ0n) is 14.8. The van der Waals surface area contributed by atoms with Gasteiger partial charge < -0.3 is 19.8 Å². The second kappa shape index (κ2) is 8.43. The molecule has 0 aliphatic rings. The van der Waals surface area contributed by atoms with Crippen molar-refractivity contribution in [1.82, 2.24) is 10.6 Å². The fraction of sp³-hybridized carbons (Fsp3) is 0.421. The Labute approximate surface area is 143 Å². The van der Waals surface area contributed by atoms with Crippen LogP contribution in [-0.2, 0) is 13.1 Å². The van der Waals surface area contributed by atoms with Crippen molar-refractivity contribution in [2.45, 2.75) is 40.8 Å². The molecule has 2 rings (SSSR count). The zero-order valence-corrected chi connectivity index (χ0v) is 14.8. The van der Waals surface area contributed by atoms with Crippen molar-refractivity contribution in [2.24, 2.45) is 5.92 Å². The summed E-state index contributed by atoms with van der Waals surface area (Å²) in [4.78, 5) is 11.9. The van der Waals surface area contributed by atoms with Crippen LogP contribution in [0.25, 0.3) is 0 Å². The lowest BCUT2D eigenvalue weighted by Gasteiger charge is -2.11. The summed E-state index contributed by atoms with van der Waals surface area (Å²) >= 11 is 0. The first-order valence-electron chi connectivity index (χ1n) is 8.23. The largest absolute Gasteiger partial charge is 0.493 e. The Kier molecular flexibility index (Phi) is 6.29. The maximum absolute atomic E-state index is 11.9. The average molecular weight is 330 g/mol. The van der Waals surface area contributed by atoms with Gasteiger partial charge in [-0.3, -0.25) is 0 Å². The van der Waals surface area contributed by atoms with Crippen molar-refractivity contribution in [3.8, 4) is 5.75 Å². The van der Waals surface area contributed by atoms with E-state index in [4.69, 9.17) is 9.15 Å². The number of ether oxygens (including phenoxy) is 1. The Morgan fingerprint density at radius 3 is 2.58 bits per heavy atom. The lowest BCUT2D eigenvalue weighted by atomic mass is 10.2. The highest BCUT2D eigenvalue weighted by atomic mass is 16.5. The number of hydrogen-bond donors (Lipinski definition) is 2. The van der Waals surface area contributed by atoms with E-state index in [1.807, 2.05) is 44.2 Å². The SMILES string of the molecule is Cc1cc(CNC(=O)NCc2cccc(OCC(C)C)c2)c(C)o1. The maximum Gasteiger partial charge on any atom is 0.315 e. The number of aryl methyl sites for hydroxylation is 2. The number of furan rings is 1. The molecule has 0 atom stereocenters. The predicted octanol–water partition coefficient (Wildman–Crippen LogP) is 3.93. The van der Waals surface area contributed by atoms with E-state index < -0.39 is 0 Å². The van der Waals surface area contributed by atoms with Crippen LogP contribution in [0.1, 0.15) is 36.5 Å². The highest BCUT2D eigenvalue weighted by Gasteiger charge is 2.07. The Morgan fingerprint density at radius 2 is 1.92 bits per heavy atom. The van der Waals surface area contributed by atoms with Crippen LogP contribution in [0.15, 0.2) is 34.7 Å². The van der Waals surface area contributed by atoms with Gasteiger partial charge in [0.1, 0.15) is 17.3 Å². The van der Waals surface area contributed by atoms with E-state index in [2.05, 4.69) is 24.5 Å². The topological polar surface area (TPSA) is 63.5 Å². The Bertz CT molecular complexity index is 677. The van der Waals surface area contributed by atoms with Gasteiger partial charge in [0.25, 0.3) is 0 Å². The van der Waals surface area contributed by atoms with Crippen LogP contribution in [0.4, 0.5) is 4.79 Å². The molecule has 0 fully saturated rings. The van der Waals surface area contributed by atoms with E-state index >= 15 is 0 Å². The molecule has 130 valence electrons. The van der Waals surface area contributed by atoms with Gasteiger partial charge in [-0.15, -0.1) is 0 Å². The van der Waals surface area contributed by atoms with Gasteiger partial charge in [-0.25, -0.2) is 4.79 Å². The minimum Gasteiger partial charge on any atom is -0.493 e. The molecule has 2 amide bonds. The molecule has 24 heavy (non-hydrogen) atoms. The van der Waals surface area contributed by atoms with Crippen LogP contribution in [0, 0.1) is 19.8 Å². The van der Waals surface area contributed by atoms with Crippen molar-refractivity contribution in [2.75, 3.05) is 6.61 Å². The first kappa shape index (κ1) is 17.9. The molecule has 5 nitrogen and oxygen atoms in total. The molecule has 0 spiro atoms. The average Bonchev–Trinajstić information content (AvgIpc) is 2.87. The molecule has 1 aromatic heterocycles. The molecule has 1 aromatic carbocycles. The van der Waals surface area contributed by atoms with E-state index in [0.29, 0.717) is 25.6 Å². The van der Waals surface area contributed by atoms with Gasteiger partial charge >= 0.3 is 6.03 Å². The Morgan fingerprint density at radius 1 is 1.17 bits per heavy atom. The fourth-order valence-electron chi connectivity index (χ4n) is 2.29. The van der Waals surface area contributed by atoms with Crippen LogP contribution in [0.5, 0.6) is 5.75 Å². The van der Waals surface area contributed by atoms with E-state index in [9.17, 15) is 4.79 Å². The van der Waals surface area contributed by atoms with Gasteiger partial charge in [0.15, 0.2) is 0 Å². The second-order valence-corrected chi connectivity index (χ2v) is 6.33. The summed E-state index contributed by atoms with van der Waals surface area (Å²) in [6.07, 6.45) is 0. The van der Waals surface area contributed by atoms with Crippen molar-refractivity contribution in [3.63, 3.8) is 0 Å². The van der Waals surface area contributed by atoms with E-state index in [-0.39, 0.29) is 6.03 Å². The van der Waals surface area contributed by atoms with E-state index in [1.165, 1.54) is 0 Å². The van der Waals surface area contributed by atoms with Crippen molar-refractivity contribution in [1.29, 1.82) is 0 Å². The Hall–Kier alpha value is -2.43. The highest BCUT2D eigenvalue weighted by molar-refractivity contribution is 5.73.